The van der Waals surface area contributed by atoms with Crippen LogP contribution in [0.4, 0.5) is 9.18 Å². The first-order chi connectivity index (χ1) is 17.3. The summed E-state index contributed by atoms with van der Waals surface area (Å²) in [5.74, 6) is 0.723. The lowest BCUT2D eigenvalue weighted by molar-refractivity contribution is -0.173. The van der Waals surface area contributed by atoms with Crippen molar-refractivity contribution in [2.24, 2.45) is 17.8 Å². The molecular formula is C29H33FN2O4. The van der Waals surface area contributed by atoms with Gasteiger partial charge in [-0.05, 0) is 73.1 Å². The third kappa shape index (κ3) is 4.17. The minimum atomic E-state index is -0.616. The quantitative estimate of drug-likeness (QED) is 0.635. The van der Waals surface area contributed by atoms with Crippen molar-refractivity contribution < 1.29 is 23.8 Å². The maximum Gasteiger partial charge on any atom is 0.407 e. The van der Waals surface area contributed by atoms with Gasteiger partial charge in [-0.15, -0.1) is 0 Å². The van der Waals surface area contributed by atoms with E-state index in [1.165, 1.54) is 12.1 Å². The molecule has 1 aliphatic heterocycles. The highest BCUT2D eigenvalue weighted by atomic mass is 19.1. The Morgan fingerprint density at radius 3 is 2.31 bits per heavy atom. The van der Waals surface area contributed by atoms with Crippen molar-refractivity contribution in [2.45, 2.75) is 62.2 Å². The van der Waals surface area contributed by atoms with Gasteiger partial charge in [-0.25, -0.2) is 9.18 Å². The number of rotatable bonds is 6. The highest BCUT2D eigenvalue weighted by Crippen LogP contribution is 2.65. The fraction of sp³-hybridized carbons (Fsp3) is 0.517. The molecule has 4 saturated carbocycles. The van der Waals surface area contributed by atoms with E-state index in [-0.39, 0.29) is 41.6 Å². The molecule has 4 aliphatic carbocycles. The average Bonchev–Trinajstić information content (AvgIpc) is 2.82. The van der Waals surface area contributed by atoms with Crippen molar-refractivity contribution in [1.82, 2.24) is 10.2 Å². The van der Waals surface area contributed by atoms with E-state index in [2.05, 4.69) is 5.32 Å². The lowest BCUT2D eigenvalue weighted by atomic mass is 9.41. The minimum Gasteiger partial charge on any atom is -0.445 e. The maximum absolute atomic E-state index is 13.8. The van der Waals surface area contributed by atoms with E-state index in [4.69, 9.17) is 4.74 Å². The molecule has 7 heteroatoms. The number of carbonyl (C=O) groups excluding carboxylic acids is 2. The molecular weight excluding hydrogens is 459 g/mol. The summed E-state index contributed by atoms with van der Waals surface area (Å²) in [5, 5.41) is 14.0. The van der Waals surface area contributed by atoms with Gasteiger partial charge in [-0.1, -0.05) is 42.5 Å². The van der Waals surface area contributed by atoms with Crippen LogP contribution >= 0.6 is 0 Å². The molecule has 1 heterocycles. The zero-order valence-corrected chi connectivity index (χ0v) is 20.4. The summed E-state index contributed by atoms with van der Waals surface area (Å²) in [6, 6.07) is 16.1. The van der Waals surface area contributed by atoms with Crippen LogP contribution in [-0.4, -0.2) is 46.7 Å². The Labute approximate surface area is 210 Å². The Morgan fingerprint density at radius 2 is 1.67 bits per heavy atom. The predicted octanol–water partition coefficient (Wildman–Crippen LogP) is 4.16. The number of nitrogens with one attached hydrogen (secondary N) is 1. The lowest BCUT2D eigenvalue weighted by Gasteiger charge is -2.64. The Morgan fingerprint density at radius 1 is 1.00 bits per heavy atom. The molecule has 190 valence electrons. The van der Waals surface area contributed by atoms with Gasteiger partial charge < -0.3 is 20.1 Å². The van der Waals surface area contributed by atoms with Crippen LogP contribution in [-0.2, 0) is 21.6 Å². The van der Waals surface area contributed by atoms with Gasteiger partial charge in [0.1, 0.15) is 12.4 Å². The van der Waals surface area contributed by atoms with E-state index >= 15 is 0 Å². The van der Waals surface area contributed by atoms with Crippen molar-refractivity contribution >= 4 is 12.0 Å². The number of benzene rings is 2. The Hall–Kier alpha value is -2.93. The number of hydrogen-bond acceptors (Lipinski definition) is 4. The Bertz CT molecular complexity index is 1120. The average molecular weight is 493 g/mol. The summed E-state index contributed by atoms with van der Waals surface area (Å²) in [5.41, 5.74) is 0.953. The number of nitrogens with zero attached hydrogens (tertiary/aromatic N) is 1. The molecule has 0 aromatic heterocycles. The van der Waals surface area contributed by atoms with E-state index in [0.29, 0.717) is 38.3 Å². The molecule has 2 aromatic rings. The molecule has 2 amide bonds. The smallest absolute Gasteiger partial charge is 0.407 e. The summed E-state index contributed by atoms with van der Waals surface area (Å²) in [4.78, 5) is 27.5. The standard InChI is InChI=1S/C29H33FN2O4/c30-24-8-6-21(7-9-24)29(22-10-20-11-23(29)14-28(35,12-20)13-22)15-26(33)32-16-25(17-32)31-27(34)36-18-19-4-2-1-3-5-19/h1-9,20,22-23,25,35H,10-18H2,(H,31,34)/t20?,22?,23?,28-,29+. The van der Waals surface area contributed by atoms with Crippen LogP contribution in [0.3, 0.4) is 0 Å². The summed E-state index contributed by atoms with van der Waals surface area (Å²) in [7, 11) is 0. The van der Waals surface area contributed by atoms with Crippen LogP contribution < -0.4 is 5.32 Å². The van der Waals surface area contributed by atoms with Gasteiger partial charge in [-0.2, -0.15) is 0 Å². The minimum absolute atomic E-state index is 0.0643. The molecule has 2 N–H and O–H groups in total. The van der Waals surface area contributed by atoms with E-state index in [1.807, 2.05) is 42.5 Å². The lowest BCUT2D eigenvalue weighted by Crippen LogP contribution is -2.65. The predicted molar refractivity (Wildman–Crippen MR) is 131 cm³/mol. The first-order valence-corrected chi connectivity index (χ1v) is 13.1. The van der Waals surface area contributed by atoms with Gasteiger partial charge in [0.15, 0.2) is 0 Å². The Balaban J connectivity index is 1.11. The SMILES string of the molecule is O=C(NC1CN(C(=O)C[C@]2(c3ccc(F)cc3)C3CC4CC2C[C@@](O)(C4)C3)C1)OCc1ccccc1. The summed E-state index contributed by atoms with van der Waals surface area (Å²) >= 11 is 0. The highest BCUT2D eigenvalue weighted by Gasteiger charge is 2.63. The molecule has 2 atom stereocenters. The fourth-order valence-corrected chi connectivity index (χ4v) is 7.75. The second-order valence-electron chi connectivity index (χ2n) is 11.5. The second kappa shape index (κ2) is 8.87. The Kier molecular flexibility index (Phi) is 5.78. The number of likely N-dealkylation sites (tertiary alicyclic amines) is 1. The van der Waals surface area contributed by atoms with Gasteiger partial charge in [0.2, 0.25) is 5.91 Å². The summed E-state index contributed by atoms with van der Waals surface area (Å²) < 4.78 is 19.1. The third-order valence-corrected chi connectivity index (χ3v) is 9.21. The van der Waals surface area contributed by atoms with Crippen LogP contribution in [0, 0.1) is 23.6 Å². The number of halogens is 1. The summed E-state index contributed by atoms with van der Waals surface area (Å²) in [6.45, 7) is 1.12. The van der Waals surface area contributed by atoms with Gasteiger partial charge in [0, 0.05) is 24.9 Å². The van der Waals surface area contributed by atoms with E-state index < -0.39 is 11.7 Å². The number of aliphatic hydroxyl groups is 1. The van der Waals surface area contributed by atoms with Crippen molar-refractivity contribution in [1.29, 1.82) is 0 Å². The molecule has 7 rings (SSSR count). The van der Waals surface area contributed by atoms with Crippen LogP contribution in [0.5, 0.6) is 0 Å². The molecule has 2 aromatic carbocycles. The molecule has 0 radical (unpaired) electrons. The van der Waals surface area contributed by atoms with E-state index in [9.17, 15) is 19.1 Å². The van der Waals surface area contributed by atoms with Gasteiger partial charge >= 0.3 is 6.09 Å². The largest absolute Gasteiger partial charge is 0.445 e. The third-order valence-electron chi connectivity index (χ3n) is 9.21. The van der Waals surface area contributed by atoms with Crippen molar-refractivity contribution in [3.63, 3.8) is 0 Å². The maximum atomic E-state index is 13.8. The first kappa shape index (κ1) is 23.5. The van der Waals surface area contributed by atoms with Crippen molar-refractivity contribution in [3.8, 4) is 0 Å². The molecule has 36 heavy (non-hydrogen) atoms. The second-order valence-corrected chi connectivity index (χ2v) is 11.5. The molecule has 4 bridgehead atoms. The molecule has 2 unspecified atom stereocenters. The number of amides is 2. The molecule has 1 saturated heterocycles. The fourth-order valence-electron chi connectivity index (χ4n) is 7.75. The van der Waals surface area contributed by atoms with Crippen molar-refractivity contribution in [3.05, 3.63) is 71.5 Å². The summed E-state index contributed by atoms with van der Waals surface area (Å²) in [6.07, 6.45) is 4.20. The molecule has 6 nitrogen and oxygen atoms in total. The van der Waals surface area contributed by atoms with Gasteiger partial charge in [0.05, 0.1) is 11.6 Å². The van der Waals surface area contributed by atoms with Gasteiger partial charge in [-0.3, -0.25) is 4.79 Å². The van der Waals surface area contributed by atoms with Crippen LogP contribution in [0.1, 0.15) is 49.7 Å². The molecule has 0 spiro atoms. The molecule has 5 fully saturated rings. The zero-order valence-electron chi connectivity index (χ0n) is 20.4. The topological polar surface area (TPSA) is 78.9 Å². The van der Waals surface area contributed by atoms with E-state index in [1.54, 1.807) is 4.90 Å². The highest BCUT2D eigenvalue weighted by molar-refractivity contribution is 5.79. The van der Waals surface area contributed by atoms with Crippen molar-refractivity contribution in [2.75, 3.05) is 13.1 Å². The number of carbonyl (C=O) groups is 2. The number of ether oxygens (including phenoxy) is 1. The normalized spacial score (nSPS) is 32.7. The number of hydrogen-bond donors (Lipinski definition) is 2. The van der Waals surface area contributed by atoms with Gasteiger partial charge in [0.25, 0.3) is 0 Å². The van der Waals surface area contributed by atoms with Crippen LogP contribution in [0.25, 0.3) is 0 Å². The van der Waals surface area contributed by atoms with Crippen LogP contribution in [0.2, 0.25) is 0 Å². The number of alkyl carbamates (subject to hydrolysis) is 1. The van der Waals surface area contributed by atoms with E-state index in [0.717, 1.165) is 30.4 Å². The van der Waals surface area contributed by atoms with Crippen LogP contribution in [0.15, 0.2) is 54.6 Å². The molecule has 5 aliphatic rings. The monoisotopic (exact) mass is 492 g/mol. The first-order valence-electron chi connectivity index (χ1n) is 13.1. The zero-order chi connectivity index (χ0) is 24.9.